The van der Waals surface area contributed by atoms with Gasteiger partial charge in [-0.25, -0.2) is 12.8 Å². The number of benzene rings is 3. The molecule has 1 fully saturated rings. The number of carbonyl (C=O) groups excluding carboxylic acids is 2. The van der Waals surface area contributed by atoms with Crippen LogP contribution in [-0.4, -0.2) is 37.6 Å². The number of sulfonamides is 1. The van der Waals surface area contributed by atoms with Crippen LogP contribution in [-0.2, 0) is 19.6 Å². The van der Waals surface area contributed by atoms with Gasteiger partial charge in [-0.2, -0.15) is 4.31 Å². The van der Waals surface area contributed by atoms with E-state index in [0.717, 1.165) is 10.8 Å². The summed E-state index contributed by atoms with van der Waals surface area (Å²) >= 11 is 0. The normalized spacial score (nSPS) is 15.3. The van der Waals surface area contributed by atoms with Crippen LogP contribution in [0.4, 0.5) is 15.8 Å². The molecule has 1 aliphatic heterocycles. The van der Waals surface area contributed by atoms with Crippen LogP contribution in [0.15, 0.2) is 65.6 Å². The first-order valence-corrected chi connectivity index (χ1v) is 12.0. The Labute approximate surface area is 191 Å². The molecule has 0 aliphatic carbocycles. The van der Waals surface area contributed by atoms with Crippen molar-refractivity contribution >= 4 is 44.0 Å². The number of nitrogens with zero attached hydrogens (tertiary/aromatic N) is 1. The van der Waals surface area contributed by atoms with Crippen molar-refractivity contribution in [2.24, 2.45) is 5.92 Å². The first-order chi connectivity index (χ1) is 15.7. The van der Waals surface area contributed by atoms with Gasteiger partial charge in [-0.3, -0.25) is 9.59 Å². The highest BCUT2D eigenvalue weighted by Crippen LogP contribution is 2.27. The molecule has 9 heteroatoms. The molecule has 0 saturated carbocycles. The average molecular weight is 470 g/mol. The minimum atomic E-state index is -3.66. The molecule has 33 heavy (non-hydrogen) atoms. The highest BCUT2D eigenvalue weighted by Gasteiger charge is 2.32. The van der Waals surface area contributed by atoms with Crippen LogP contribution in [0.25, 0.3) is 10.8 Å². The lowest BCUT2D eigenvalue weighted by Crippen LogP contribution is -2.41. The zero-order valence-corrected chi connectivity index (χ0v) is 18.9. The van der Waals surface area contributed by atoms with E-state index in [1.807, 2.05) is 24.3 Å². The number of nitrogens with one attached hydrogen (secondary N) is 2. The molecule has 1 heterocycles. The molecule has 2 amide bonds. The Morgan fingerprint density at radius 2 is 1.64 bits per heavy atom. The zero-order valence-electron chi connectivity index (χ0n) is 18.0. The van der Waals surface area contributed by atoms with Crippen LogP contribution in [0.1, 0.15) is 19.8 Å². The van der Waals surface area contributed by atoms with Crippen LogP contribution < -0.4 is 10.6 Å². The minimum absolute atomic E-state index is 0.0170. The maximum atomic E-state index is 13.8. The Morgan fingerprint density at radius 1 is 0.939 bits per heavy atom. The second-order valence-electron chi connectivity index (χ2n) is 8.05. The third-order valence-electron chi connectivity index (χ3n) is 5.73. The molecule has 0 unspecified atom stereocenters. The second kappa shape index (κ2) is 9.29. The predicted molar refractivity (Wildman–Crippen MR) is 125 cm³/mol. The van der Waals surface area contributed by atoms with Crippen LogP contribution in [0.3, 0.4) is 0 Å². The van der Waals surface area contributed by atoms with Gasteiger partial charge < -0.3 is 10.6 Å². The molecule has 1 saturated heterocycles. The Morgan fingerprint density at radius 3 is 2.33 bits per heavy atom. The summed E-state index contributed by atoms with van der Waals surface area (Å²) in [4.78, 5) is 24.1. The molecule has 0 radical (unpaired) electrons. The summed E-state index contributed by atoms with van der Waals surface area (Å²) in [5.41, 5.74) is 0.341. The van der Waals surface area contributed by atoms with Gasteiger partial charge in [0.2, 0.25) is 21.8 Å². The van der Waals surface area contributed by atoms with Gasteiger partial charge in [0.1, 0.15) is 5.82 Å². The second-order valence-corrected chi connectivity index (χ2v) is 9.99. The molecule has 3 aromatic carbocycles. The number of hydrogen-bond acceptors (Lipinski definition) is 4. The summed E-state index contributed by atoms with van der Waals surface area (Å²) in [6, 6.07) is 16.6. The number of amides is 2. The van der Waals surface area contributed by atoms with Crippen molar-refractivity contribution in [2.45, 2.75) is 24.7 Å². The molecule has 3 aromatic rings. The summed E-state index contributed by atoms with van der Waals surface area (Å²) < 4.78 is 41.4. The maximum absolute atomic E-state index is 13.8. The van der Waals surface area contributed by atoms with Crippen LogP contribution >= 0.6 is 0 Å². The smallest absolute Gasteiger partial charge is 0.243 e. The fourth-order valence-electron chi connectivity index (χ4n) is 3.97. The average Bonchev–Trinajstić information content (AvgIpc) is 2.80. The number of rotatable bonds is 5. The Balaban J connectivity index is 1.40. The first kappa shape index (κ1) is 22.9. The molecule has 0 spiro atoms. The topological polar surface area (TPSA) is 95.6 Å². The van der Waals surface area contributed by atoms with E-state index in [1.54, 1.807) is 18.2 Å². The SMILES string of the molecule is CC(=O)Nc1cc(NC(=O)C2CCN(S(=O)(=O)c3ccc4ccccc4c3)CC2)ccc1F. The van der Waals surface area contributed by atoms with Crippen molar-refractivity contribution in [3.8, 4) is 0 Å². The van der Waals surface area contributed by atoms with E-state index in [0.29, 0.717) is 18.5 Å². The molecule has 2 N–H and O–H groups in total. The van der Waals surface area contributed by atoms with Crippen LogP contribution in [0.2, 0.25) is 0 Å². The van der Waals surface area contributed by atoms with E-state index in [4.69, 9.17) is 0 Å². The summed E-state index contributed by atoms with van der Waals surface area (Å²) in [6.07, 6.45) is 0.747. The Kier molecular flexibility index (Phi) is 6.44. The number of hydrogen-bond donors (Lipinski definition) is 2. The van der Waals surface area contributed by atoms with E-state index in [-0.39, 0.29) is 35.5 Å². The molecule has 0 bridgehead atoms. The molecule has 4 rings (SSSR count). The van der Waals surface area contributed by atoms with Gasteiger partial charge in [0.05, 0.1) is 10.6 Å². The zero-order chi connectivity index (χ0) is 23.6. The summed E-state index contributed by atoms with van der Waals surface area (Å²) in [5, 5.41) is 6.93. The highest BCUT2D eigenvalue weighted by molar-refractivity contribution is 7.89. The van der Waals surface area contributed by atoms with E-state index < -0.39 is 21.7 Å². The third-order valence-corrected chi connectivity index (χ3v) is 7.62. The van der Waals surface area contributed by atoms with Crippen molar-refractivity contribution in [1.82, 2.24) is 4.31 Å². The van der Waals surface area contributed by atoms with Crippen molar-refractivity contribution in [1.29, 1.82) is 0 Å². The Bertz CT molecular complexity index is 1320. The van der Waals surface area contributed by atoms with Crippen LogP contribution in [0, 0.1) is 11.7 Å². The van der Waals surface area contributed by atoms with Gasteiger partial charge in [-0.05, 0) is 53.9 Å². The molecule has 0 aromatic heterocycles. The van der Waals surface area contributed by atoms with Gasteiger partial charge in [0, 0.05) is 31.6 Å². The molecular weight excluding hydrogens is 445 g/mol. The number of anilines is 2. The number of halogens is 1. The van der Waals surface area contributed by atoms with Gasteiger partial charge in [-0.1, -0.05) is 30.3 Å². The third kappa shape index (κ3) is 5.04. The molecule has 1 aliphatic rings. The standard InChI is InChI=1S/C24H24FN3O4S/c1-16(29)26-23-15-20(7-9-22(23)25)27-24(30)18-10-12-28(13-11-18)33(31,32)21-8-6-17-4-2-3-5-19(17)14-21/h2-9,14-15,18H,10-13H2,1H3,(H,26,29)(H,27,30). The lowest BCUT2D eigenvalue weighted by molar-refractivity contribution is -0.121. The van der Waals surface area contributed by atoms with Crippen LogP contribution in [0.5, 0.6) is 0 Å². The minimum Gasteiger partial charge on any atom is -0.326 e. The lowest BCUT2D eigenvalue weighted by Gasteiger charge is -2.30. The quantitative estimate of drug-likeness (QED) is 0.591. The Hall–Kier alpha value is -3.30. The molecule has 0 atom stereocenters. The van der Waals surface area contributed by atoms with Gasteiger partial charge in [0.25, 0.3) is 0 Å². The van der Waals surface area contributed by atoms with Gasteiger partial charge >= 0.3 is 0 Å². The van der Waals surface area contributed by atoms with Crippen molar-refractivity contribution in [2.75, 3.05) is 23.7 Å². The highest BCUT2D eigenvalue weighted by atomic mass is 32.2. The number of fused-ring (bicyclic) bond motifs is 1. The van der Waals surface area contributed by atoms with Gasteiger partial charge in [0.15, 0.2) is 0 Å². The molecule has 172 valence electrons. The van der Waals surface area contributed by atoms with Gasteiger partial charge in [-0.15, -0.1) is 0 Å². The van der Waals surface area contributed by atoms with Crippen molar-refractivity contribution in [3.63, 3.8) is 0 Å². The fraction of sp³-hybridized carbons (Fsp3) is 0.250. The van der Waals surface area contributed by atoms with Crippen molar-refractivity contribution < 1.29 is 22.4 Å². The number of piperidine rings is 1. The maximum Gasteiger partial charge on any atom is 0.243 e. The first-order valence-electron chi connectivity index (χ1n) is 10.6. The largest absolute Gasteiger partial charge is 0.326 e. The molecular formula is C24H24FN3O4S. The summed E-state index contributed by atoms with van der Waals surface area (Å²) in [6.45, 7) is 1.73. The lowest BCUT2D eigenvalue weighted by atomic mass is 9.97. The van der Waals surface area contributed by atoms with E-state index in [9.17, 15) is 22.4 Å². The number of carbonyl (C=O) groups is 2. The summed E-state index contributed by atoms with van der Waals surface area (Å²) in [5.74, 6) is -1.66. The monoisotopic (exact) mass is 469 g/mol. The van der Waals surface area contributed by atoms with E-state index in [1.165, 1.54) is 29.4 Å². The van der Waals surface area contributed by atoms with E-state index in [2.05, 4.69) is 10.6 Å². The van der Waals surface area contributed by atoms with Crippen molar-refractivity contribution in [3.05, 3.63) is 66.5 Å². The summed E-state index contributed by atoms with van der Waals surface area (Å²) in [7, 11) is -3.66. The predicted octanol–water partition coefficient (Wildman–Crippen LogP) is 3.98. The van der Waals surface area contributed by atoms with E-state index >= 15 is 0 Å². The molecule has 7 nitrogen and oxygen atoms in total. The fourth-order valence-corrected chi connectivity index (χ4v) is 5.47.